The fourth-order valence-corrected chi connectivity index (χ4v) is 4.37. The summed E-state index contributed by atoms with van der Waals surface area (Å²) in [6, 6.07) is 9.98. The summed E-state index contributed by atoms with van der Waals surface area (Å²) >= 11 is 0. The lowest BCUT2D eigenvalue weighted by Gasteiger charge is -2.34. The largest absolute Gasteiger partial charge is 0.0683 e. The highest BCUT2D eigenvalue weighted by atomic mass is 14.3. The van der Waals surface area contributed by atoms with Gasteiger partial charge >= 0.3 is 0 Å². The predicted octanol–water partition coefficient (Wildman–Crippen LogP) is 8.20. The molecule has 0 fully saturated rings. The van der Waals surface area contributed by atoms with Gasteiger partial charge in [-0.05, 0) is 81.0 Å². The van der Waals surface area contributed by atoms with Crippen LogP contribution in [-0.2, 0) is 36.5 Å². The van der Waals surface area contributed by atoms with E-state index in [1.807, 2.05) is 27.7 Å². The molecule has 2 aliphatic carbocycles. The van der Waals surface area contributed by atoms with E-state index in [4.69, 9.17) is 0 Å². The second kappa shape index (κ2) is 8.44. The Kier molecular flexibility index (Phi) is 6.85. The van der Waals surface area contributed by atoms with Crippen LogP contribution in [0.4, 0.5) is 0 Å². The lowest BCUT2D eigenvalue weighted by molar-refractivity contribution is 0.585. The standard InChI is InChI=1S/C24H30.2C2H6/c1-23(2,3)19-11-15-7-9-17-13-20(24(4,5)6)14-18-10-8-16(12-19)21(15)22(17)18;2*1-2/h11-14H,7-10H2,1-6H3;2*1-2H3. The van der Waals surface area contributed by atoms with Crippen LogP contribution in [0.3, 0.4) is 0 Å². The first kappa shape index (κ1) is 22.7. The Balaban J connectivity index is 0.000000660. The van der Waals surface area contributed by atoms with Crippen molar-refractivity contribution in [3.8, 4) is 11.1 Å². The maximum Gasteiger partial charge on any atom is -0.0114 e. The molecular formula is C28H42. The molecule has 0 atom stereocenters. The first-order valence-corrected chi connectivity index (χ1v) is 11.5. The number of hydrogen-bond donors (Lipinski definition) is 0. The van der Waals surface area contributed by atoms with Gasteiger partial charge in [-0.25, -0.2) is 0 Å². The molecule has 0 radical (unpaired) electrons. The summed E-state index contributed by atoms with van der Waals surface area (Å²) in [6.45, 7) is 22.0. The summed E-state index contributed by atoms with van der Waals surface area (Å²) in [5, 5.41) is 0. The molecule has 0 aliphatic heterocycles. The van der Waals surface area contributed by atoms with Crippen molar-refractivity contribution in [2.45, 2.75) is 106 Å². The number of rotatable bonds is 0. The van der Waals surface area contributed by atoms with Crippen LogP contribution in [-0.4, -0.2) is 0 Å². The van der Waals surface area contributed by atoms with Gasteiger partial charge in [0.25, 0.3) is 0 Å². The van der Waals surface area contributed by atoms with E-state index in [9.17, 15) is 0 Å². The lowest BCUT2D eigenvalue weighted by atomic mass is 9.71. The van der Waals surface area contributed by atoms with Gasteiger partial charge in [-0.2, -0.15) is 0 Å². The maximum absolute atomic E-state index is 2.49. The second-order valence-electron chi connectivity index (χ2n) is 9.84. The zero-order chi connectivity index (χ0) is 21.3. The van der Waals surface area contributed by atoms with Gasteiger partial charge in [0.2, 0.25) is 0 Å². The van der Waals surface area contributed by atoms with Crippen molar-refractivity contribution < 1.29 is 0 Å². The van der Waals surface area contributed by atoms with Gasteiger partial charge < -0.3 is 0 Å². The molecule has 0 saturated heterocycles. The van der Waals surface area contributed by atoms with Crippen molar-refractivity contribution in [2.75, 3.05) is 0 Å². The molecule has 0 amide bonds. The number of aryl methyl sites for hydroxylation is 4. The SMILES string of the molecule is CC.CC.CC(C)(C)c1cc2c3c(c1)CCc1cc(C(C)(C)C)cc(c1-3)CC2. The summed E-state index contributed by atoms with van der Waals surface area (Å²) in [5.74, 6) is 0. The van der Waals surface area contributed by atoms with Crippen molar-refractivity contribution in [1.82, 2.24) is 0 Å². The summed E-state index contributed by atoms with van der Waals surface area (Å²) in [7, 11) is 0. The predicted molar refractivity (Wildman–Crippen MR) is 127 cm³/mol. The van der Waals surface area contributed by atoms with E-state index >= 15 is 0 Å². The van der Waals surface area contributed by atoms with Crippen molar-refractivity contribution in [3.05, 3.63) is 57.6 Å². The van der Waals surface area contributed by atoms with Gasteiger partial charge in [0, 0.05) is 0 Å². The molecular weight excluding hydrogens is 336 g/mol. The third-order valence-electron chi connectivity index (χ3n) is 5.91. The fourth-order valence-electron chi connectivity index (χ4n) is 4.37. The van der Waals surface area contributed by atoms with Crippen LogP contribution >= 0.6 is 0 Å². The first-order chi connectivity index (χ1) is 13.1. The molecule has 0 N–H and O–H groups in total. The second-order valence-corrected chi connectivity index (χ2v) is 9.84. The zero-order valence-corrected chi connectivity index (χ0v) is 20.1. The molecule has 0 heterocycles. The van der Waals surface area contributed by atoms with Crippen LogP contribution in [0, 0.1) is 0 Å². The minimum Gasteiger partial charge on any atom is -0.0683 e. The Morgan fingerprint density at radius 2 is 0.679 bits per heavy atom. The lowest BCUT2D eigenvalue weighted by Crippen LogP contribution is -2.20. The Bertz CT molecular complexity index is 701. The molecule has 0 spiro atoms. The van der Waals surface area contributed by atoms with Gasteiger partial charge in [-0.1, -0.05) is 93.5 Å². The highest BCUT2D eigenvalue weighted by Gasteiger charge is 2.29. The van der Waals surface area contributed by atoms with E-state index in [1.54, 1.807) is 33.4 Å². The molecule has 0 bridgehead atoms. The van der Waals surface area contributed by atoms with Crippen molar-refractivity contribution in [1.29, 1.82) is 0 Å². The first-order valence-electron chi connectivity index (χ1n) is 11.5. The minimum atomic E-state index is 0.238. The Labute approximate surface area is 174 Å². The normalized spacial score (nSPS) is 14.2. The number of benzene rings is 2. The number of hydrogen-bond acceptors (Lipinski definition) is 0. The molecule has 4 rings (SSSR count). The molecule has 0 heteroatoms. The summed E-state index contributed by atoms with van der Waals surface area (Å²) in [6.07, 6.45) is 4.80. The van der Waals surface area contributed by atoms with Gasteiger partial charge in [0.15, 0.2) is 0 Å². The Hall–Kier alpha value is -1.56. The molecule has 2 aromatic carbocycles. The molecule has 28 heavy (non-hydrogen) atoms. The van der Waals surface area contributed by atoms with E-state index in [0.717, 1.165) is 0 Å². The van der Waals surface area contributed by atoms with Crippen LogP contribution in [0.15, 0.2) is 24.3 Å². The van der Waals surface area contributed by atoms with Crippen molar-refractivity contribution >= 4 is 0 Å². The average molecular weight is 379 g/mol. The third-order valence-corrected chi connectivity index (χ3v) is 5.91. The molecule has 2 aliphatic rings. The van der Waals surface area contributed by atoms with Crippen LogP contribution in [0.1, 0.15) is 103 Å². The summed E-state index contributed by atoms with van der Waals surface area (Å²) in [4.78, 5) is 0. The molecule has 0 saturated carbocycles. The molecule has 2 aromatic rings. The van der Waals surface area contributed by atoms with Crippen molar-refractivity contribution in [3.63, 3.8) is 0 Å². The smallest absolute Gasteiger partial charge is 0.0114 e. The maximum atomic E-state index is 2.49. The van der Waals surface area contributed by atoms with Crippen LogP contribution in [0.25, 0.3) is 11.1 Å². The van der Waals surface area contributed by atoms with Gasteiger partial charge in [0.05, 0.1) is 0 Å². The Morgan fingerprint density at radius 1 is 0.464 bits per heavy atom. The summed E-state index contributed by atoms with van der Waals surface area (Å²) in [5.41, 5.74) is 13.0. The highest BCUT2D eigenvalue weighted by molar-refractivity contribution is 5.81. The quantitative estimate of drug-likeness (QED) is 0.433. The molecule has 0 aromatic heterocycles. The highest BCUT2D eigenvalue weighted by Crippen LogP contribution is 2.45. The van der Waals surface area contributed by atoms with Crippen molar-refractivity contribution in [2.24, 2.45) is 0 Å². The van der Waals surface area contributed by atoms with Gasteiger partial charge in [0.1, 0.15) is 0 Å². The van der Waals surface area contributed by atoms with E-state index in [1.165, 1.54) is 36.8 Å². The minimum absolute atomic E-state index is 0.238. The zero-order valence-electron chi connectivity index (χ0n) is 20.1. The van der Waals surface area contributed by atoms with E-state index in [0.29, 0.717) is 0 Å². The topological polar surface area (TPSA) is 0 Å². The van der Waals surface area contributed by atoms with Crippen LogP contribution < -0.4 is 0 Å². The molecule has 0 unspecified atom stereocenters. The monoisotopic (exact) mass is 378 g/mol. The fraction of sp³-hybridized carbons (Fsp3) is 0.571. The summed E-state index contributed by atoms with van der Waals surface area (Å²) < 4.78 is 0. The van der Waals surface area contributed by atoms with E-state index in [2.05, 4.69) is 65.8 Å². The van der Waals surface area contributed by atoms with E-state index in [-0.39, 0.29) is 10.8 Å². The van der Waals surface area contributed by atoms with E-state index < -0.39 is 0 Å². The Morgan fingerprint density at radius 3 is 0.857 bits per heavy atom. The van der Waals surface area contributed by atoms with Crippen LogP contribution in [0.2, 0.25) is 0 Å². The van der Waals surface area contributed by atoms with Crippen LogP contribution in [0.5, 0.6) is 0 Å². The third kappa shape index (κ3) is 4.22. The molecule has 0 nitrogen and oxygen atoms in total. The molecule has 154 valence electrons. The average Bonchev–Trinajstić information content (AvgIpc) is 2.67. The van der Waals surface area contributed by atoms with Gasteiger partial charge in [-0.15, -0.1) is 0 Å². The van der Waals surface area contributed by atoms with Gasteiger partial charge in [-0.3, -0.25) is 0 Å².